The zero-order valence-corrected chi connectivity index (χ0v) is 20.7. The number of halogens is 4. The summed E-state index contributed by atoms with van der Waals surface area (Å²) in [7, 11) is 0. The Morgan fingerprint density at radius 3 is 2.58 bits per heavy atom. The van der Waals surface area contributed by atoms with Gasteiger partial charge in [-0.1, -0.05) is 6.07 Å². The molecule has 6 nitrogen and oxygen atoms in total. The number of piperidine rings is 1. The van der Waals surface area contributed by atoms with E-state index in [2.05, 4.69) is 25.3 Å². The van der Waals surface area contributed by atoms with Gasteiger partial charge in [-0.05, 0) is 45.7 Å². The van der Waals surface area contributed by atoms with E-state index in [0.717, 1.165) is 39.1 Å². The smallest absolute Gasteiger partial charge is 0.387 e. The van der Waals surface area contributed by atoms with Crippen LogP contribution in [0.5, 0.6) is 5.75 Å². The van der Waals surface area contributed by atoms with Crippen LogP contribution >= 0.6 is 24.0 Å². The van der Waals surface area contributed by atoms with Crippen molar-refractivity contribution < 1.29 is 22.6 Å². The summed E-state index contributed by atoms with van der Waals surface area (Å²) in [6, 6.07) is 4.10. The number of alkyl halides is 2. The van der Waals surface area contributed by atoms with Gasteiger partial charge in [0.25, 0.3) is 0 Å². The van der Waals surface area contributed by atoms with E-state index < -0.39 is 12.4 Å². The highest BCUT2D eigenvalue weighted by atomic mass is 127. The van der Waals surface area contributed by atoms with Crippen LogP contribution in [0.25, 0.3) is 0 Å². The Kier molecular flexibility index (Phi) is 13.2. The lowest BCUT2D eigenvalue weighted by Gasteiger charge is -2.33. The monoisotopic (exact) mass is 558 g/mol. The number of nitrogens with one attached hydrogen (secondary N) is 2. The quantitative estimate of drug-likeness (QED) is 0.259. The number of benzene rings is 1. The number of likely N-dealkylation sites (tertiary alicyclic amines) is 1. The Labute approximate surface area is 200 Å². The van der Waals surface area contributed by atoms with Gasteiger partial charge in [0, 0.05) is 32.2 Å². The lowest BCUT2D eigenvalue weighted by atomic mass is 10.1. The van der Waals surface area contributed by atoms with Gasteiger partial charge in [0.2, 0.25) is 0 Å². The van der Waals surface area contributed by atoms with Gasteiger partial charge in [-0.15, -0.1) is 24.0 Å². The molecule has 0 radical (unpaired) electrons. The van der Waals surface area contributed by atoms with Crippen molar-refractivity contribution in [2.45, 2.75) is 58.9 Å². The van der Waals surface area contributed by atoms with Crippen LogP contribution in [0.3, 0.4) is 0 Å². The van der Waals surface area contributed by atoms with Crippen molar-refractivity contribution in [3.8, 4) is 5.75 Å². The number of guanidine groups is 1. The first kappa shape index (κ1) is 27.8. The first-order valence-electron chi connectivity index (χ1n) is 10.5. The fraction of sp³-hybridized carbons (Fsp3) is 0.667. The number of nitrogens with zero attached hydrogens (tertiary/aromatic N) is 2. The summed E-state index contributed by atoms with van der Waals surface area (Å²) in [6.45, 7) is 7.06. The van der Waals surface area contributed by atoms with Crippen LogP contribution in [-0.2, 0) is 11.3 Å². The molecule has 0 aromatic heterocycles. The predicted octanol–water partition coefficient (Wildman–Crippen LogP) is 3.99. The van der Waals surface area contributed by atoms with E-state index in [-0.39, 0.29) is 54.0 Å². The molecule has 1 fully saturated rings. The van der Waals surface area contributed by atoms with Gasteiger partial charge >= 0.3 is 6.61 Å². The van der Waals surface area contributed by atoms with Crippen molar-refractivity contribution >= 4 is 29.9 Å². The third kappa shape index (κ3) is 10.3. The highest BCUT2D eigenvalue weighted by Crippen LogP contribution is 2.24. The number of hydrogen-bond acceptors (Lipinski definition) is 4. The second-order valence-corrected chi connectivity index (χ2v) is 7.47. The summed E-state index contributed by atoms with van der Waals surface area (Å²) in [5.74, 6) is -0.281. The van der Waals surface area contributed by atoms with Crippen LogP contribution < -0.4 is 15.4 Å². The molecule has 1 aliphatic heterocycles. The van der Waals surface area contributed by atoms with Crippen LogP contribution in [-0.4, -0.2) is 62.4 Å². The van der Waals surface area contributed by atoms with Crippen LogP contribution in [0.2, 0.25) is 0 Å². The maximum absolute atomic E-state index is 14.1. The Morgan fingerprint density at radius 1 is 1.26 bits per heavy atom. The third-order valence-electron chi connectivity index (χ3n) is 4.82. The van der Waals surface area contributed by atoms with Crippen molar-refractivity contribution in [2.75, 3.05) is 32.8 Å². The maximum Gasteiger partial charge on any atom is 0.387 e. The average Bonchev–Trinajstić information content (AvgIpc) is 2.68. The SMILES string of the molecule is CCNC(=NCc1c(F)cccc1OC(F)F)NC1CCN(CCOC(C)C)CC1.I. The fourth-order valence-electron chi connectivity index (χ4n) is 3.29. The Morgan fingerprint density at radius 2 is 1.97 bits per heavy atom. The minimum atomic E-state index is -3.02. The summed E-state index contributed by atoms with van der Waals surface area (Å²) in [4.78, 5) is 6.76. The number of ether oxygens (including phenoxy) is 2. The molecule has 0 saturated carbocycles. The fourth-order valence-corrected chi connectivity index (χ4v) is 3.29. The van der Waals surface area contributed by atoms with Gasteiger partial charge in [0.1, 0.15) is 11.6 Å². The molecule has 2 N–H and O–H groups in total. The lowest BCUT2D eigenvalue weighted by Crippen LogP contribution is -2.49. The molecule has 0 atom stereocenters. The Bertz CT molecular complexity index is 672. The average molecular weight is 558 g/mol. The summed E-state index contributed by atoms with van der Waals surface area (Å²) in [5.41, 5.74) is 0.00924. The van der Waals surface area contributed by atoms with Crippen molar-refractivity contribution in [2.24, 2.45) is 4.99 Å². The molecule has 178 valence electrons. The molecule has 1 aliphatic rings. The highest BCUT2D eigenvalue weighted by molar-refractivity contribution is 14.0. The molecule has 1 saturated heterocycles. The van der Waals surface area contributed by atoms with E-state index in [1.54, 1.807) is 0 Å². The van der Waals surface area contributed by atoms with E-state index in [1.165, 1.54) is 18.2 Å². The van der Waals surface area contributed by atoms with E-state index >= 15 is 0 Å². The molecular weight excluding hydrogens is 524 g/mol. The van der Waals surface area contributed by atoms with E-state index in [4.69, 9.17) is 4.74 Å². The molecule has 0 unspecified atom stereocenters. The minimum Gasteiger partial charge on any atom is -0.434 e. The second kappa shape index (κ2) is 14.7. The first-order valence-corrected chi connectivity index (χ1v) is 10.5. The molecular formula is C21H34F3IN4O2. The van der Waals surface area contributed by atoms with Crippen LogP contribution in [0, 0.1) is 5.82 Å². The Hall–Kier alpha value is -1.27. The molecule has 0 bridgehead atoms. The minimum absolute atomic E-state index is 0. The van der Waals surface area contributed by atoms with Gasteiger partial charge in [0.05, 0.1) is 24.8 Å². The van der Waals surface area contributed by atoms with E-state index in [1.807, 2.05) is 20.8 Å². The van der Waals surface area contributed by atoms with E-state index in [9.17, 15) is 13.2 Å². The molecule has 0 amide bonds. The predicted molar refractivity (Wildman–Crippen MR) is 127 cm³/mol. The van der Waals surface area contributed by atoms with Crippen LogP contribution in [0.15, 0.2) is 23.2 Å². The molecule has 1 aromatic rings. The summed E-state index contributed by atoms with van der Waals surface area (Å²) < 4.78 is 49.4. The van der Waals surface area contributed by atoms with Crippen LogP contribution in [0.4, 0.5) is 13.2 Å². The summed E-state index contributed by atoms with van der Waals surface area (Å²) in [5, 5.41) is 6.50. The Balaban J connectivity index is 0.00000480. The number of rotatable bonds is 10. The molecule has 1 aromatic carbocycles. The normalized spacial score (nSPS) is 15.8. The number of hydrogen-bond donors (Lipinski definition) is 2. The van der Waals surface area contributed by atoms with Crippen molar-refractivity contribution in [1.82, 2.24) is 15.5 Å². The maximum atomic E-state index is 14.1. The molecule has 0 spiro atoms. The second-order valence-electron chi connectivity index (χ2n) is 7.47. The lowest BCUT2D eigenvalue weighted by molar-refractivity contribution is -0.0506. The van der Waals surface area contributed by atoms with Crippen LogP contribution in [0.1, 0.15) is 39.2 Å². The highest BCUT2D eigenvalue weighted by Gasteiger charge is 2.20. The topological polar surface area (TPSA) is 58.1 Å². The van der Waals surface area contributed by atoms with Gasteiger partial charge in [-0.2, -0.15) is 8.78 Å². The largest absolute Gasteiger partial charge is 0.434 e. The summed E-state index contributed by atoms with van der Waals surface area (Å²) >= 11 is 0. The molecule has 10 heteroatoms. The van der Waals surface area contributed by atoms with Gasteiger partial charge in [-0.25, -0.2) is 9.38 Å². The van der Waals surface area contributed by atoms with E-state index in [0.29, 0.717) is 12.5 Å². The van der Waals surface area contributed by atoms with Crippen molar-refractivity contribution in [3.63, 3.8) is 0 Å². The zero-order chi connectivity index (χ0) is 21.9. The third-order valence-corrected chi connectivity index (χ3v) is 4.82. The van der Waals surface area contributed by atoms with Crippen molar-refractivity contribution in [1.29, 1.82) is 0 Å². The standard InChI is InChI=1S/C21H33F3N4O2.HI/c1-4-25-21(26-14-17-18(22)6-5-7-19(17)30-20(23)24)27-16-8-10-28(11-9-16)12-13-29-15(2)3;/h5-7,15-16,20H,4,8-14H2,1-3H3,(H2,25,26,27);1H. The van der Waals surface area contributed by atoms with Gasteiger partial charge < -0.3 is 25.0 Å². The molecule has 0 aliphatic carbocycles. The zero-order valence-electron chi connectivity index (χ0n) is 18.4. The van der Waals surface area contributed by atoms with Gasteiger partial charge in [0.15, 0.2) is 5.96 Å². The molecule has 2 rings (SSSR count). The first-order chi connectivity index (χ1) is 14.4. The molecule has 31 heavy (non-hydrogen) atoms. The molecule has 1 heterocycles. The summed E-state index contributed by atoms with van der Waals surface area (Å²) in [6.07, 6.45) is 2.14. The van der Waals surface area contributed by atoms with Crippen molar-refractivity contribution in [3.05, 3.63) is 29.6 Å². The number of aliphatic imine (C=N–C) groups is 1. The van der Waals surface area contributed by atoms with Gasteiger partial charge in [-0.3, -0.25) is 0 Å².